The third-order valence-corrected chi connectivity index (χ3v) is 4.94. The van der Waals surface area contributed by atoms with Gasteiger partial charge in [0.2, 0.25) is 0 Å². The first kappa shape index (κ1) is 12.4. The standard InChI is InChI=1S/C12H18N2O2S/c1-10-9-17(15,16)6-5-14(10)12-4-2-3-11(7-12)8-13/h2-4,7,10H,5-6,8-9,13H2,1H3. The van der Waals surface area contributed by atoms with Crippen molar-refractivity contribution >= 4 is 15.5 Å². The molecule has 4 nitrogen and oxygen atoms in total. The zero-order chi connectivity index (χ0) is 12.5. The number of anilines is 1. The zero-order valence-electron chi connectivity index (χ0n) is 9.96. The number of hydrogen-bond donors (Lipinski definition) is 1. The van der Waals surface area contributed by atoms with Crippen LogP contribution in [0.2, 0.25) is 0 Å². The molecule has 0 amide bonds. The highest BCUT2D eigenvalue weighted by Gasteiger charge is 2.28. The van der Waals surface area contributed by atoms with Gasteiger partial charge in [-0.15, -0.1) is 0 Å². The van der Waals surface area contributed by atoms with Crippen molar-refractivity contribution in [2.75, 3.05) is 23.0 Å². The Labute approximate surface area is 102 Å². The normalized spacial score (nSPS) is 23.6. The van der Waals surface area contributed by atoms with E-state index in [-0.39, 0.29) is 17.5 Å². The summed E-state index contributed by atoms with van der Waals surface area (Å²) >= 11 is 0. The molecule has 2 N–H and O–H groups in total. The van der Waals surface area contributed by atoms with E-state index in [2.05, 4.69) is 4.90 Å². The van der Waals surface area contributed by atoms with Crippen molar-refractivity contribution in [1.82, 2.24) is 0 Å². The van der Waals surface area contributed by atoms with E-state index >= 15 is 0 Å². The summed E-state index contributed by atoms with van der Waals surface area (Å²) in [6, 6.07) is 8.02. The van der Waals surface area contributed by atoms with Crippen molar-refractivity contribution in [3.8, 4) is 0 Å². The second-order valence-corrected chi connectivity index (χ2v) is 6.76. The van der Waals surface area contributed by atoms with Gasteiger partial charge in [-0.3, -0.25) is 0 Å². The third kappa shape index (κ3) is 2.79. The van der Waals surface area contributed by atoms with Gasteiger partial charge in [-0.05, 0) is 24.6 Å². The van der Waals surface area contributed by atoms with E-state index in [0.29, 0.717) is 13.1 Å². The van der Waals surface area contributed by atoms with E-state index in [1.54, 1.807) is 0 Å². The van der Waals surface area contributed by atoms with E-state index in [4.69, 9.17) is 5.73 Å². The molecule has 0 aliphatic carbocycles. The Morgan fingerprint density at radius 2 is 2.24 bits per heavy atom. The van der Waals surface area contributed by atoms with Crippen molar-refractivity contribution in [2.24, 2.45) is 5.73 Å². The fourth-order valence-corrected chi connectivity index (χ4v) is 3.80. The molecule has 1 saturated heterocycles. The maximum atomic E-state index is 11.5. The van der Waals surface area contributed by atoms with E-state index in [1.807, 2.05) is 31.2 Å². The SMILES string of the molecule is CC1CS(=O)(=O)CCN1c1cccc(CN)c1. The maximum Gasteiger partial charge on any atom is 0.154 e. The molecule has 94 valence electrons. The summed E-state index contributed by atoms with van der Waals surface area (Å²) in [5.74, 6) is 0.476. The molecule has 1 unspecified atom stereocenters. The van der Waals surface area contributed by atoms with Gasteiger partial charge in [-0.1, -0.05) is 12.1 Å². The minimum Gasteiger partial charge on any atom is -0.367 e. The number of benzene rings is 1. The van der Waals surface area contributed by atoms with Gasteiger partial charge in [0.1, 0.15) is 0 Å². The molecule has 1 aromatic rings. The summed E-state index contributed by atoms with van der Waals surface area (Å²) in [4.78, 5) is 2.14. The van der Waals surface area contributed by atoms with Crippen LogP contribution in [0.1, 0.15) is 12.5 Å². The molecule has 1 fully saturated rings. The fraction of sp³-hybridized carbons (Fsp3) is 0.500. The van der Waals surface area contributed by atoms with Crippen LogP contribution in [0.15, 0.2) is 24.3 Å². The maximum absolute atomic E-state index is 11.5. The number of hydrogen-bond acceptors (Lipinski definition) is 4. The first-order chi connectivity index (χ1) is 8.02. The molecular formula is C12H18N2O2S. The van der Waals surface area contributed by atoms with Crippen LogP contribution in [0.25, 0.3) is 0 Å². The molecule has 0 saturated carbocycles. The van der Waals surface area contributed by atoms with Crippen LogP contribution in [0.4, 0.5) is 5.69 Å². The average Bonchev–Trinajstić information content (AvgIpc) is 2.28. The van der Waals surface area contributed by atoms with Gasteiger partial charge in [-0.2, -0.15) is 0 Å². The molecule has 1 heterocycles. The number of rotatable bonds is 2. The first-order valence-electron chi connectivity index (χ1n) is 5.78. The van der Waals surface area contributed by atoms with Gasteiger partial charge in [0.25, 0.3) is 0 Å². The average molecular weight is 254 g/mol. The lowest BCUT2D eigenvalue weighted by Crippen LogP contribution is -2.47. The quantitative estimate of drug-likeness (QED) is 0.846. The topological polar surface area (TPSA) is 63.4 Å². The minimum atomic E-state index is -2.85. The summed E-state index contributed by atoms with van der Waals surface area (Å²) in [6.07, 6.45) is 0. The predicted molar refractivity (Wildman–Crippen MR) is 69.8 cm³/mol. The summed E-state index contributed by atoms with van der Waals surface area (Å²) in [5, 5.41) is 0. The lowest BCUT2D eigenvalue weighted by molar-refractivity contribution is 0.568. The predicted octanol–water partition coefficient (Wildman–Crippen LogP) is 0.769. The van der Waals surface area contributed by atoms with Crippen molar-refractivity contribution < 1.29 is 8.42 Å². The molecule has 1 aromatic carbocycles. The Morgan fingerprint density at radius 1 is 1.47 bits per heavy atom. The second kappa shape index (κ2) is 4.66. The van der Waals surface area contributed by atoms with Crippen LogP contribution in [0, 0.1) is 0 Å². The van der Waals surface area contributed by atoms with Crippen molar-refractivity contribution in [1.29, 1.82) is 0 Å². The Morgan fingerprint density at radius 3 is 2.88 bits per heavy atom. The Bertz CT molecular complexity index is 499. The van der Waals surface area contributed by atoms with E-state index in [0.717, 1.165) is 11.3 Å². The number of nitrogens with zero attached hydrogens (tertiary/aromatic N) is 1. The van der Waals surface area contributed by atoms with Gasteiger partial charge in [-0.25, -0.2) is 8.42 Å². The Kier molecular flexibility index (Phi) is 3.40. The van der Waals surface area contributed by atoms with Gasteiger partial charge in [0.15, 0.2) is 9.84 Å². The van der Waals surface area contributed by atoms with E-state index < -0.39 is 9.84 Å². The van der Waals surface area contributed by atoms with Gasteiger partial charge >= 0.3 is 0 Å². The third-order valence-electron chi connectivity index (χ3n) is 3.15. The molecule has 0 spiro atoms. The molecule has 0 radical (unpaired) electrons. The molecule has 5 heteroatoms. The van der Waals surface area contributed by atoms with Crippen LogP contribution >= 0.6 is 0 Å². The Hall–Kier alpha value is -1.07. The molecule has 2 rings (SSSR count). The summed E-state index contributed by atoms with van der Waals surface area (Å²) < 4.78 is 23.0. The Balaban J connectivity index is 2.23. The van der Waals surface area contributed by atoms with Crippen LogP contribution in [0.3, 0.4) is 0 Å². The highest BCUT2D eigenvalue weighted by molar-refractivity contribution is 7.91. The molecular weight excluding hydrogens is 236 g/mol. The van der Waals surface area contributed by atoms with Gasteiger partial charge in [0.05, 0.1) is 11.5 Å². The van der Waals surface area contributed by atoms with Crippen LogP contribution < -0.4 is 10.6 Å². The van der Waals surface area contributed by atoms with Gasteiger partial charge in [0, 0.05) is 24.8 Å². The van der Waals surface area contributed by atoms with Crippen LogP contribution in [-0.2, 0) is 16.4 Å². The second-order valence-electron chi connectivity index (χ2n) is 4.53. The fourth-order valence-electron chi connectivity index (χ4n) is 2.24. The lowest BCUT2D eigenvalue weighted by atomic mass is 10.1. The van der Waals surface area contributed by atoms with Crippen molar-refractivity contribution in [2.45, 2.75) is 19.5 Å². The van der Waals surface area contributed by atoms with Crippen LogP contribution in [-0.4, -0.2) is 32.5 Å². The molecule has 0 bridgehead atoms. The van der Waals surface area contributed by atoms with E-state index in [1.165, 1.54) is 0 Å². The van der Waals surface area contributed by atoms with Crippen LogP contribution in [0.5, 0.6) is 0 Å². The molecule has 1 atom stereocenters. The largest absolute Gasteiger partial charge is 0.367 e. The summed E-state index contributed by atoms with van der Waals surface area (Å²) in [6.45, 7) is 3.03. The summed E-state index contributed by atoms with van der Waals surface area (Å²) in [7, 11) is -2.85. The molecule has 17 heavy (non-hydrogen) atoms. The van der Waals surface area contributed by atoms with Gasteiger partial charge < -0.3 is 10.6 Å². The summed E-state index contributed by atoms with van der Waals surface area (Å²) in [5.41, 5.74) is 7.75. The monoisotopic (exact) mass is 254 g/mol. The van der Waals surface area contributed by atoms with Crippen molar-refractivity contribution in [3.63, 3.8) is 0 Å². The molecule has 0 aromatic heterocycles. The smallest absolute Gasteiger partial charge is 0.154 e. The molecule has 1 aliphatic rings. The zero-order valence-corrected chi connectivity index (χ0v) is 10.8. The highest BCUT2D eigenvalue weighted by Crippen LogP contribution is 2.22. The minimum absolute atomic E-state index is 0.0294. The number of sulfone groups is 1. The first-order valence-corrected chi connectivity index (χ1v) is 7.60. The highest BCUT2D eigenvalue weighted by atomic mass is 32.2. The van der Waals surface area contributed by atoms with E-state index in [9.17, 15) is 8.42 Å². The van der Waals surface area contributed by atoms with Crippen molar-refractivity contribution in [3.05, 3.63) is 29.8 Å². The molecule has 1 aliphatic heterocycles. The number of nitrogens with two attached hydrogens (primary N) is 1. The lowest BCUT2D eigenvalue weighted by Gasteiger charge is -2.35.